The van der Waals surface area contributed by atoms with Crippen molar-refractivity contribution in [2.24, 2.45) is 7.05 Å². The summed E-state index contributed by atoms with van der Waals surface area (Å²) in [5.74, 6) is 0.278. The normalized spacial score (nSPS) is 21.5. The second-order valence-electron chi connectivity index (χ2n) is 11.0. The van der Waals surface area contributed by atoms with Crippen LogP contribution >= 0.6 is 0 Å². The third-order valence-corrected chi connectivity index (χ3v) is 7.59. The number of nitrogens with zero attached hydrogens (tertiary/aromatic N) is 4. The van der Waals surface area contributed by atoms with Crippen molar-refractivity contribution < 1.29 is 24.1 Å². The van der Waals surface area contributed by atoms with E-state index in [1.165, 1.54) is 0 Å². The second-order valence-corrected chi connectivity index (χ2v) is 11.0. The summed E-state index contributed by atoms with van der Waals surface area (Å²) in [6.07, 6.45) is 1.29. The van der Waals surface area contributed by atoms with E-state index in [4.69, 9.17) is 19.2 Å². The number of ether oxygens (including phenoxy) is 3. The molecule has 2 N–H and O–H groups in total. The van der Waals surface area contributed by atoms with Gasteiger partial charge in [0.1, 0.15) is 18.0 Å². The number of likely N-dealkylation sites (N-methyl/N-ethyl adjacent to an activating group) is 1. The molecular weight excluding hydrogens is 514 g/mol. The quantitative estimate of drug-likeness (QED) is 0.377. The summed E-state index contributed by atoms with van der Waals surface area (Å²) in [6, 6.07) is 7.02. The predicted octanol–water partition coefficient (Wildman–Crippen LogP) is 1.21. The summed E-state index contributed by atoms with van der Waals surface area (Å²) in [4.78, 5) is 32.3. The number of pyridine rings is 1. The second kappa shape index (κ2) is 12.2. The number of nitrogens with one attached hydrogen (secondary N) is 1. The van der Waals surface area contributed by atoms with Crippen LogP contribution in [0.3, 0.4) is 0 Å². The maximum absolute atomic E-state index is 12.7. The molecule has 2 saturated heterocycles. The molecule has 40 heavy (non-hydrogen) atoms. The van der Waals surface area contributed by atoms with E-state index in [-0.39, 0.29) is 17.8 Å². The number of carbonyl (C=O) groups excluding carboxylic acids is 1. The highest BCUT2D eigenvalue weighted by atomic mass is 16.6. The topological polar surface area (TPSA) is 120 Å². The van der Waals surface area contributed by atoms with Crippen LogP contribution in [0.4, 0.5) is 0 Å². The zero-order valence-corrected chi connectivity index (χ0v) is 23.6. The highest BCUT2D eigenvalue weighted by Crippen LogP contribution is 2.27. The molecule has 11 heteroatoms. The van der Waals surface area contributed by atoms with Crippen molar-refractivity contribution in [3.05, 3.63) is 51.9 Å². The van der Waals surface area contributed by atoms with Gasteiger partial charge in [0.15, 0.2) is 0 Å². The fourth-order valence-corrected chi connectivity index (χ4v) is 5.39. The maximum Gasteiger partial charge on any atom is 0.326 e. The van der Waals surface area contributed by atoms with Crippen LogP contribution in [0.5, 0.6) is 0 Å². The molecule has 2 aliphatic rings. The summed E-state index contributed by atoms with van der Waals surface area (Å²) < 4.78 is 20.6. The molecule has 0 unspecified atom stereocenters. The van der Waals surface area contributed by atoms with Crippen LogP contribution in [0.2, 0.25) is 0 Å². The van der Waals surface area contributed by atoms with Crippen LogP contribution in [0, 0.1) is 6.92 Å². The Morgan fingerprint density at radius 2 is 2.10 bits per heavy atom. The molecular formula is C29H39N5O6. The number of rotatable bonds is 9. The number of imidazole rings is 1. The van der Waals surface area contributed by atoms with Gasteiger partial charge in [-0.05, 0) is 44.7 Å². The summed E-state index contributed by atoms with van der Waals surface area (Å²) in [5, 5.41) is 13.4. The largest absolute Gasteiger partial charge is 0.459 e. The molecule has 0 amide bonds. The Balaban J connectivity index is 1.42. The molecule has 0 radical (unpaired) electrons. The number of aliphatic hydroxyl groups is 1. The van der Waals surface area contributed by atoms with Crippen molar-refractivity contribution >= 4 is 17.0 Å². The minimum atomic E-state index is -0.925. The summed E-state index contributed by atoms with van der Waals surface area (Å²) in [7, 11) is 3.84. The Bertz CT molecular complexity index is 1380. The monoisotopic (exact) mass is 553 g/mol. The number of morpholine rings is 1. The molecule has 0 saturated carbocycles. The lowest BCUT2D eigenvalue weighted by Gasteiger charge is -2.30. The van der Waals surface area contributed by atoms with E-state index in [1.807, 2.05) is 37.4 Å². The highest BCUT2D eigenvalue weighted by molar-refractivity contribution is 5.81. The molecule has 0 bridgehead atoms. The molecule has 216 valence electrons. The Labute approximate surface area is 233 Å². The van der Waals surface area contributed by atoms with Crippen LogP contribution in [0.15, 0.2) is 35.3 Å². The average molecular weight is 554 g/mol. The van der Waals surface area contributed by atoms with Crippen molar-refractivity contribution in [3.8, 4) is 11.4 Å². The lowest BCUT2D eigenvalue weighted by molar-refractivity contribution is -0.154. The number of aromatic nitrogens is 3. The van der Waals surface area contributed by atoms with E-state index in [0.717, 1.165) is 41.1 Å². The molecule has 11 nitrogen and oxygen atoms in total. The van der Waals surface area contributed by atoms with Crippen LogP contribution < -0.4 is 10.9 Å². The number of aliphatic hydroxyl groups excluding tert-OH is 1. The van der Waals surface area contributed by atoms with Crippen molar-refractivity contribution in [2.75, 3.05) is 40.0 Å². The van der Waals surface area contributed by atoms with Gasteiger partial charge in [-0.2, -0.15) is 0 Å². The number of benzene rings is 1. The van der Waals surface area contributed by atoms with E-state index >= 15 is 0 Å². The fraction of sp³-hybridized carbons (Fsp3) is 0.552. The van der Waals surface area contributed by atoms with E-state index in [9.17, 15) is 14.7 Å². The minimum absolute atomic E-state index is 0.00736. The summed E-state index contributed by atoms with van der Waals surface area (Å²) in [5.41, 5.74) is 4.13. The Hall–Kier alpha value is -3.09. The molecule has 4 heterocycles. The first-order chi connectivity index (χ1) is 19.2. The minimum Gasteiger partial charge on any atom is -0.459 e. The first kappa shape index (κ1) is 28.4. The third kappa shape index (κ3) is 6.29. The summed E-state index contributed by atoms with van der Waals surface area (Å²) >= 11 is 0. The number of aryl methyl sites for hydroxylation is 2. The average Bonchev–Trinajstić information content (AvgIpc) is 3.54. The van der Waals surface area contributed by atoms with Crippen molar-refractivity contribution in [1.82, 2.24) is 24.3 Å². The molecule has 4 atom stereocenters. The predicted molar refractivity (Wildman–Crippen MR) is 150 cm³/mol. The SMILES string of the molecule is Cc1cc(-c2nc3cc(CN[C@H](C(=O)O[C@H]4CCOC4)[C@H](C)O)ccc3n2C[C@@H]2CN(C)CCO2)cn(C)c1=O. The summed E-state index contributed by atoms with van der Waals surface area (Å²) in [6.45, 7) is 7.71. The standard InChI is InChI=1S/C29H39N5O6/c1-18-11-21(14-33(4)28(18)36)27-31-24-12-20(5-6-25(24)34(27)16-23-15-32(3)8-10-39-23)13-30-26(19(2)35)29(37)40-22-7-9-38-17-22/h5-6,11-12,14,19,22-23,26,30,35H,7-10,13,15-17H2,1-4H3/t19-,22-,23-,26-/m0/s1. The molecule has 2 aliphatic heterocycles. The van der Waals surface area contributed by atoms with Crippen LogP contribution in [-0.2, 0) is 39.1 Å². The van der Waals surface area contributed by atoms with E-state index in [1.54, 1.807) is 18.5 Å². The molecule has 0 aliphatic carbocycles. The van der Waals surface area contributed by atoms with Crippen molar-refractivity contribution in [1.29, 1.82) is 0 Å². The van der Waals surface area contributed by atoms with E-state index in [0.29, 0.717) is 44.9 Å². The molecule has 2 fully saturated rings. The molecule has 5 rings (SSSR count). The number of hydrogen-bond acceptors (Lipinski definition) is 9. The van der Waals surface area contributed by atoms with Gasteiger partial charge >= 0.3 is 5.97 Å². The van der Waals surface area contributed by atoms with Crippen LogP contribution in [0.25, 0.3) is 22.4 Å². The fourth-order valence-electron chi connectivity index (χ4n) is 5.39. The van der Waals surface area contributed by atoms with Gasteiger partial charge < -0.3 is 33.4 Å². The first-order valence-corrected chi connectivity index (χ1v) is 13.9. The van der Waals surface area contributed by atoms with Gasteiger partial charge in [0.05, 0.1) is 49.6 Å². The van der Waals surface area contributed by atoms with Gasteiger partial charge in [-0.25, -0.2) is 4.98 Å². The number of hydrogen-bond donors (Lipinski definition) is 2. The number of carbonyl (C=O) groups is 1. The Kier molecular flexibility index (Phi) is 8.67. The molecule has 3 aromatic rings. The van der Waals surface area contributed by atoms with E-state index < -0.39 is 18.1 Å². The van der Waals surface area contributed by atoms with E-state index in [2.05, 4.69) is 21.8 Å². The maximum atomic E-state index is 12.7. The Morgan fingerprint density at radius 1 is 1.27 bits per heavy atom. The zero-order chi connectivity index (χ0) is 28.4. The Morgan fingerprint density at radius 3 is 2.80 bits per heavy atom. The zero-order valence-electron chi connectivity index (χ0n) is 23.6. The number of esters is 1. The van der Waals surface area contributed by atoms with Gasteiger partial charge in [-0.1, -0.05) is 6.07 Å². The van der Waals surface area contributed by atoms with Gasteiger partial charge in [0.25, 0.3) is 5.56 Å². The lowest BCUT2D eigenvalue weighted by Crippen LogP contribution is -2.46. The molecule has 2 aromatic heterocycles. The third-order valence-electron chi connectivity index (χ3n) is 7.59. The van der Waals surface area contributed by atoms with Gasteiger partial charge in [-0.3, -0.25) is 14.9 Å². The molecule has 0 spiro atoms. The van der Waals surface area contributed by atoms with Crippen LogP contribution in [-0.4, -0.2) is 94.4 Å². The molecule has 1 aromatic carbocycles. The van der Waals surface area contributed by atoms with Crippen molar-refractivity contribution in [3.63, 3.8) is 0 Å². The van der Waals surface area contributed by atoms with Gasteiger partial charge in [0, 0.05) is 50.4 Å². The van der Waals surface area contributed by atoms with Gasteiger partial charge in [0.2, 0.25) is 0 Å². The lowest BCUT2D eigenvalue weighted by atomic mass is 10.1. The highest BCUT2D eigenvalue weighted by Gasteiger charge is 2.29. The van der Waals surface area contributed by atoms with Crippen molar-refractivity contribution in [2.45, 2.75) is 57.7 Å². The first-order valence-electron chi connectivity index (χ1n) is 13.9. The number of fused-ring (bicyclic) bond motifs is 1. The van der Waals surface area contributed by atoms with Gasteiger partial charge in [-0.15, -0.1) is 0 Å². The smallest absolute Gasteiger partial charge is 0.326 e. The van der Waals surface area contributed by atoms with Crippen LogP contribution in [0.1, 0.15) is 24.5 Å².